The minimum absolute atomic E-state index is 0.252. The topological polar surface area (TPSA) is 26.3 Å². The van der Waals surface area contributed by atoms with Crippen molar-refractivity contribution in [1.29, 1.82) is 0 Å². The molecule has 3 aromatic carbocycles. The molecule has 3 aromatic rings. The maximum Gasteiger partial charge on any atom is 0.338 e. The predicted octanol–water partition coefficient (Wildman–Crippen LogP) is 5.07. The number of hydrogen-bond donors (Lipinski definition) is 0. The summed E-state index contributed by atoms with van der Waals surface area (Å²) in [6.45, 7) is 0.438. The molecule has 25 heavy (non-hydrogen) atoms. The molecular weight excluding hydrogens is 308 g/mol. The van der Waals surface area contributed by atoms with Crippen LogP contribution in [0.5, 0.6) is 0 Å². The Labute approximate surface area is 149 Å². The van der Waals surface area contributed by atoms with Crippen LogP contribution < -0.4 is 0 Å². The highest BCUT2D eigenvalue weighted by Gasteiger charge is 2.07. The van der Waals surface area contributed by atoms with Crippen LogP contribution in [0.1, 0.15) is 33.5 Å². The maximum atomic E-state index is 11.9. The smallest absolute Gasteiger partial charge is 0.338 e. The number of carbonyl (C=O) groups excluding carboxylic acids is 1. The van der Waals surface area contributed by atoms with Gasteiger partial charge in [0.1, 0.15) is 0 Å². The summed E-state index contributed by atoms with van der Waals surface area (Å²) in [6.07, 6.45) is 2.66. The Morgan fingerprint density at radius 2 is 1.32 bits per heavy atom. The lowest BCUT2D eigenvalue weighted by atomic mass is 9.97. The van der Waals surface area contributed by atoms with Gasteiger partial charge in [0.2, 0.25) is 0 Å². The molecular formula is C23H22O2. The second-order valence-corrected chi connectivity index (χ2v) is 6.04. The minimum Gasteiger partial charge on any atom is -0.462 e. The molecule has 0 aliphatic carbocycles. The first-order chi connectivity index (χ1) is 12.3. The van der Waals surface area contributed by atoms with Gasteiger partial charge in [-0.1, -0.05) is 72.8 Å². The molecule has 0 aromatic heterocycles. The van der Waals surface area contributed by atoms with Crippen LogP contribution in [0.3, 0.4) is 0 Å². The van der Waals surface area contributed by atoms with Crippen LogP contribution in [0, 0.1) is 0 Å². The summed E-state index contributed by atoms with van der Waals surface area (Å²) in [5.41, 5.74) is 4.57. The van der Waals surface area contributed by atoms with Crippen LogP contribution in [0.15, 0.2) is 84.9 Å². The summed E-state index contributed by atoms with van der Waals surface area (Å²) in [7, 11) is 0. The van der Waals surface area contributed by atoms with Crippen LogP contribution in [0.2, 0.25) is 0 Å². The summed E-state index contributed by atoms with van der Waals surface area (Å²) in [4.78, 5) is 11.9. The van der Waals surface area contributed by atoms with E-state index in [-0.39, 0.29) is 5.97 Å². The van der Waals surface area contributed by atoms with Crippen LogP contribution in [0.25, 0.3) is 0 Å². The zero-order valence-corrected chi connectivity index (χ0v) is 14.2. The molecule has 2 heteroatoms. The lowest BCUT2D eigenvalue weighted by Crippen LogP contribution is -2.07. The van der Waals surface area contributed by atoms with Crippen molar-refractivity contribution in [3.63, 3.8) is 0 Å². The van der Waals surface area contributed by atoms with Gasteiger partial charge in [0, 0.05) is 0 Å². The summed E-state index contributed by atoms with van der Waals surface area (Å²) in [5, 5.41) is 0. The molecule has 0 aliphatic heterocycles. The van der Waals surface area contributed by atoms with E-state index in [1.807, 2.05) is 24.3 Å². The standard InChI is InChI=1S/C23H22O2/c24-23(21-13-5-2-6-14-21)25-17-9-16-20-12-7-8-15-22(20)18-19-10-3-1-4-11-19/h1-8,10-15H,9,16-18H2. The second kappa shape index (κ2) is 8.84. The molecule has 0 heterocycles. The molecule has 0 atom stereocenters. The lowest BCUT2D eigenvalue weighted by molar-refractivity contribution is 0.0500. The van der Waals surface area contributed by atoms with Crippen molar-refractivity contribution in [3.05, 3.63) is 107 Å². The molecule has 2 nitrogen and oxygen atoms in total. The molecule has 0 amide bonds. The Bertz CT molecular complexity index is 795. The third-order valence-corrected chi connectivity index (χ3v) is 4.19. The van der Waals surface area contributed by atoms with E-state index in [4.69, 9.17) is 4.74 Å². The molecule has 0 saturated carbocycles. The monoisotopic (exact) mass is 330 g/mol. The summed E-state index contributed by atoms with van der Waals surface area (Å²) in [6, 6.07) is 28.1. The SMILES string of the molecule is O=C(OCCCc1ccccc1Cc1ccccc1)c1ccccc1. The molecule has 126 valence electrons. The zero-order valence-electron chi connectivity index (χ0n) is 14.2. The Morgan fingerprint density at radius 3 is 2.04 bits per heavy atom. The number of rotatable bonds is 7. The summed E-state index contributed by atoms with van der Waals surface area (Å²) < 4.78 is 5.37. The fourth-order valence-corrected chi connectivity index (χ4v) is 2.87. The van der Waals surface area contributed by atoms with Crippen LogP contribution >= 0.6 is 0 Å². The Hall–Kier alpha value is -2.87. The van der Waals surface area contributed by atoms with Gasteiger partial charge >= 0.3 is 5.97 Å². The predicted molar refractivity (Wildman–Crippen MR) is 101 cm³/mol. The average Bonchev–Trinajstić information content (AvgIpc) is 2.68. The average molecular weight is 330 g/mol. The molecule has 0 fully saturated rings. The van der Waals surface area contributed by atoms with Gasteiger partial charge in [0.15, 0.2) is 0 Å². The molecule has 0 radical (unpaired) electrons. The molecule has 0 aliphatic rings. The van der Waals surface area contributed by atoms with E-state index < -0.39 is 0 Å². The third-order valence-electron chi connectivity index (χ3n) is 4.19. The molecule has 0 N–H and O–H groups in total. The van der Waals surface area contributed by atoms with E-state index in [1.165, 1.54) is 16.7 Å². The molecule has 0 spiro atoms. The first-order valence-electron chi connectivity index (χ1n) is 8.66. The highest BCUT2D eigenvalue weighted by Crippen LogP contribution is 2.16. The second-order valence-electron chi connectivity index (χ2n) is 6.04. The van der Waals surface area contributed by atoms with Crippen LogP contribution in [0.4, 0.5) is 0 Å². The van der Waals surface area contributed by atoms with E-state index in [2.05, 4.69) is 48.5 Å². The minimum atomic E-state index is -0.252. The van der Waals surface area contributed by atoms with Crippen molar-refractivity contribution in [2.24, 2.45) is 0 Å². The Balaban J connectivity index is 1.52. The summed E-state index contributed by atoms with van der Waals surface area (Å²) in [5.74, 6) is -0.252. The molecule has 3 rings (SSSR count). The van der Waals surface area contributed by atoms with Crippen molar-refractivity contribution in [2.75, 3.05) is 6.61 Å². The fourth-order valence-electron chi connectivity index (χ4n) is 2.87. The van der Waals surface area contributed by atoms with E-state index in [0.29, 0.717) is 12.2 Å². The lowest BCUT2D eigenvalue weighted by Gasteiger charge is -2.10. The van der Waals surface area contributed by atoms with Gasteiger partial charge in [0.25, 0.3) is 0 Å². The first-order valence-corrected chi connectivity index (χ1v) is 8.66. The Kier molecular flexibility index (Phi) is 6.00. The van der Waals surface area contributed by atoms with Crippen molar-refractivity contribution < 1.29 is 9.53 Å². The van der Waals surface area contributed by atoms with Crippen molar-refractivity contribution in [3.8, 4) is 0 Å². The quantitative estimate of drug-likeness (QED) is 0.447. The number of aryl methyl sites for hydroxylation is 1. The van der Waals surface area contributed by atoms with E-state index >= 15 is 0 Å². The van der Waals surface area contributed by atoms with Gasteiger partial charge in [0.05, 0.1) is 12.2 Å². The highest BCUT2D eigenvalue weighted by atomic mass is 16.5. The molecule has 0 unspecified atom stereocenters. The van der Waals surface area contributed by atoms with E-state index in [1.54, 1.807) is 12.1 Å². The number of hydrogen-bond acceptors (Lipinski definition) is 2. The van der Waals surface area contributed by atoms with Crippen molar-refractivity contribution >= 4 is 5.97 Å². The van der Waals surface area contributed by atoms with Gasteiger partial charge in [-0.25, -0.2) is 4.79 Å². The number of carbonyl (C=O) groups is 1. The molecule has 0 bridgehead atoms. The normalized spacial score (nSPS) is 10.4. The number of esters is 1. The first kappa shape index (κ1) is 17.0. The Morgan fingerprint density at radius 1 is 0.720 bits per heavy atom. The van der Waals surface area contributed by atoms with Gasteiger partial charge in [-0.05, 0) is 48.1 Å². The number of benzene rings is 3. The summed E-state index contributed by atoms with van der Waals surface area (Å²) >= 11 is 0. The van der Waals surface area contributed by atoms with Gasteiger partial charge in [-0.3, -0.25) is 0 Å². The van der Waals surface area contributed by atoms with Gasteiger partial charge < -0.3 is 4.74 Å². The van der Waals surface area contributed by atoms with Crippen molar-refractivity contribution in [1.82, 2.24) is 0 Å². The van der Waals surface area contributed by atoms with Crippen molar-refractivity contribution in [2.45, 2.75) is 19.3 Å². The molecule has 0 saturated heterocycles. The zero-order chi connectivity index (χ0) is 17.3. The maximum absolute atomic E-state index is 11.9. The van der Waals surface area contributed by atoms with Gasteiger partial charge in [-0.2, -0.15) is 0 Å². The highest BCUT2D eigenvalue weighted by molar-refractivity contribution is 5.89. The van der Waals surface area contributed by atoms with Crippen LogP contribution in [-0.2, 0) is 17.6 Å². The largest absolute Gasteiger partial charge is 0.462 e. The third kappa shape index (κ3) is 5.05. The van der Waals surface area contributed by atoms with Crippen LogP contribution in [-0.4, -0.2) is 12.6 Å². The number of ether oxygens (including phenoxy) is 1. The fraction of sp³-hybridized carbons (Fsp3) is 0.174. The van der Waals surface area contributed by atoms with Gasteiger partial charge in [-0.15, -0.1) is 0 Å². The van der Waals surface area contributed by atoms with E-state index in [0.717, 1.165) is 19.3 Å². The van der Waals surface area contributed by atoms with E-state index in [9.17, 15) is 4.79 Å².